The Morgan fingerprint density at radius 1 is 1.12 bits per heavy atom. The van der Waals surface area contributed by atoms with Crippen molar-refractivity contribution in [2.45, 2.75) is 19.8 Å². The highest BCUT2D eigenvalue weighted by molar-refractivity contribution is 5.81. The van der Waals surface area contributed by atoms with Crippen molar-refractivity contribution in [1.29, 1.82) is 0 Å². The van der Waals surface area contributed by atoms with E-state index < -0.39 is 0 Å². The lowest BCUT2D eigenvalue weighted by molar-refractivity contribution is 0.0813. The van der Waals surface area contributed by atoms with Crippen LogP contribution in [-0.2, 0) is 0 Å². The number of anilines is 1. The molecule has 0 aliphatic carbocycles. The molecule has 128 valence electrons. The molecule has 6 heteroatoms. The smallest absolute Gasteiger partial charge is 0.233 e. The van der Waals surface area contributed by atoms with E-state index in [2.05, 4.69) is 15.0 Å². The zero-order valence-electron chi connectivity index (χ0n) is 14.2. The molecule has 0 amide bonds. The monoisotopic (exact) mass is 335 g/mol. The zero-order valence-corrected chi connectivity index (χ0v) is 14.2. The largest absolute Gasteiger partial charge is 0.368 e. The van der Waals surface area contributed by atoms with Crippen LogP contribution < -0.4 is 4.90 Å². The second-order valence-corrected chi connectivity index (χ2v) is 6.52. The average Bonchev–Trinajstić information content (AvgIpc) is 3.33. The number of piperidine rings is 1. The standard InChI is InChI=1S/C19H21N5O/c1-15-12-21-24(14-15)17-4-7-20-13-18(17)22-10-5-16(6-11-22)19(25)23-8-2-3-9-23/h2-4,7-9,12-14,16H,5-6,10-11H2,1H3. The van der Waals surface area contributed by atoms with E-state index in [0.717, 1.165) is 42.9 Å². The second kappa shape index (κ2) is 6.55. The topological polar surface area (TPSA) is 56.0 Å². The summed E-state index contributed by atoms with van der Waals surface area (Å²) in [5, 5.41) is 4.42. The molecule has 4 heterocycles. The lowest BCUT2D eigenvalue weighted by Crippen LogP contribution is -2.38. The summed E-state index contributed by atoms with van der Waals surface area (Å²) in [6, 6.07) is 5.76. The summed E-state index contributed by atoms with van der Waals surface area (Å²) in [4.78, 5) is 19.1. The minimum atomic E-state index is 0.0794. The summed E-state index contributed by atoms with van der Waals surface area (Å²) in [7, 11) is 0. The molecule has 0 N–H and O–H groups in total. The first-order chi connectivity index (χ1) is 12.2. The second-order valence-electron chi connectivity index (χ2n) is 6.52. The highest BCUT2D eigenvalue weighted by Crippen LogP contribution is 2.28. The fraction of sp³-hybridized carbons (Fsp3) is 0.316. The Kier molecular flexibility index (Phi) is 4.09. The van der Waals surface area contributed by atoms with Gasteiger partial charge in [0, 0.05) is 43.8 Å². The van der Waals surface area contributed by atoms with Crippen LogP contribution in [0, 0.1) is 12.8 Å². The molecule has 1 aliphatic heterocycles. The van der Waals surface area contributed by atoms with Gasteiger partial charge in [-0.15, -0.1) is 0 Å². The Morgan fingerprint density at radius 3 is 2.56 bits per heavy atom. The van der Waals surface area contributed by atoms with Crippen LogP contribution in [0.2, 0.25) is 0 Å². The minimum absolute atomic E-state index is 0.0794. The summed E-state index contributed by atoms with van der Waals surface area (Å²) in [5.41, 5.74) is 3.22. The van der Waals surface area contributed by atoms with Crippen molar-refractivity contribution < 1.29 is 4.79 Å². The van der Waals surface area contributed by atoms with Crippen molar-refractivity contribution in [2.75, 3.05) is 18.0 Å². The average molecular weight is 335 g/mol. The summed E-state index contributed by atoms with van der Waals surface area (Å²) in [5.74, 6) is 0.273. The van der Waals surface area contributed by atoms with Crippen molar-refractivity contribution in [3.8, 4) is 5.69 Å². The van der Waals surface area contributed by atoms with Crippen molar-refractivity contribution in [3.63, 3.8) is 0 Å². The first kappa shape index (κ1) is 15.6. The molecule has 25 heavy (non-hydrogen) atoms. The van der Waals surface area contributed by atoms with Crippen molar-refractivity contribution >= 4 is 11.6 Å². The van der Waals surface area contributed by atoms with Crippen LogP contribution in [0.25, 0.3) is 5.69 Å². The van der Waals surface area contributed by atoms with E-state index in [9.17, 15) is 4.79 Å². The number of rotatable bonds is 3. The molecule has 1 fully saturated rings. The fourth-order valence-corrected chi connectivity index (χ4v) is 3.42. The van der Waals surface area contributed by atoms with Crippen LogP contribution >= 0.6 is 0 Å². The maximum Gasteiger partial charge on any atom is 0.233 e. The van der Waals surface area contributed by atoms with Crippen LogP contribution in [-0.4, -0.2) is 38.3 Å². The minimum Gasteiger partial charge on any atom is -0.368 e. The molecule has 3 aromatic heterocycles. The molecule has 0 aromatic carbocycles. The van der Waals surface area contributed by atoms with E-state index in [1.165, 1.54) is 0 Å². The molecule has 0 radical (unpaired) electrons. The molecule has 0 spiro atoms. The number of nitrogens with zero attached hydrogens (tertiary/aromatic N) is 5. The maximum atomic E-state index is 12.5. The van der Waals surface area contributed by atoms with Gasteiger partial charge in [0.2, 0.25) is 5.91 Å². The zero-order chi connectivity index (χ0) is 17.2. The van der Waals surface area contributed by atoms with E-state index in [-0.39, 0.29) is 11.8 Å². The number of carbonyl (C=O) groups is 1. The van der Waals surface area contributed by atoms with Crippen LogP contribution in [0.3, 0.4) is 0 Å². The molecule has 4 rings (SSSR count). The van der Waals surface area contributed by atoms with Gasteiger partial charge in [-0.25, -0.2) is 4.68 Å². The summed E-state index contributed by atoms with van der Waals surface area (Å²) in [6.07, 6.45) is 12.9. The third-order valence-corrected chi connectivity index (χ3v) is 4.78. The van der Waals surface area contributed by atoms with E-state index in [0.29, 0.717) is 0 Å². The van der Waals surface area contributed by atoms with Crippen molar-refractivity contribution in [2.24, 2.45) is 5.92 Å². The lowest BCUT2D eigenvalue weighted by Gasteiger charge is -2.33. The van der Waals surface area contributed by atoms with Gasteiger partial charge in [-0.3, -0.25) is 14.3 Å². The predicted molar refractivity (Wildman–Crippen MR) is 96.1 cm³/mol. The molecule has 1 aliphatic rings. The molecule has 0 bridgehead atoms. The van der Waals surface area contributed by atoms with Crippen molar-refractivity contribution in [3.05, 3.63) is 60.9 Å². The van der Waals surface area contributed by atoms with Gasteiger partial charge in [0.05, 0.1) is 23.8 Å². The van der Waals surface area contributed by atoms with Gasteiger partial charge in [-0.1, -0.05) is 0 Å². The Labute approximate surface area is 146 Å². The Bertz CT molecular complexity index is 860. The number of aromatic nitrogens is 4. The van der Waals surface area contributed by atoms with Gasteiger partial charge < -0.3 is 4.90 Å². The highest BCUT2D eigenvalue weighted by Gasteiger charge is 2.27. The van der Waals surface area contributed by atoms with Gasteiger partial charge in [0.1, 0.15) is 0 Å². The number of carbonyl (C=O) groups excluding carboxylic acids is 1. The molecule has 6 nitrogen and oxygen atoms in total. The van der Waals surface area contributed by atoms with Gasteiger partial charge in [-0.05, 0) is 43.5 Å². The summed E-state index contributed by atoms with van der Waals surface area (Å²) >= 11 is 0. The predicted octanol–water partition coefficient (Wildman–Crippen LogP) is 2.93. The molecular formula is C19H21N5O. The summed E-state index contributed by atoms with van der Waals surface area (Å²) < 4.78 is 3.59. The van der Waals surface area contributed by atoms with Crippen LogP contribution in [0.1, 0.15) is 23.2 Å². The lowest BCUT2D eigenvalue weighted by atomic mass is 9.95. The molecule has 1 saturated heterocycles. The molecule has 0 atom stereocenters. The van der Waals surface area contributed by atoms with Crippen LogP contribution in [0.15, 0.2) is 55.4 Å². The Hall–Kier alpha value is -2.89. The van der Waals surface area contributed by atoms with E-state index in [1.807, 2.05) is 60.8 Å². The molecule has 0 unspecified atom stereocenters. The molecular weight excluding hydrogens is 314 g/mol. The number of pyridine rings is 1. The van der Waals surface area contributed by atoms with Crippen LogP contribution in [0.5, 0.6) is 0 Å². The Balaban J connectivity index is 1.51. The normalized spacial score (nSPS) is 15.5. The number of hydrogen-bond acceptors (Lipinski definition) is 4. The van der Waals surface area contributed by atoms with Gasteiger partial charge in [0.15, 0.2) is 0 Å². The Morgan fingerprint density at radius 2 is 1.88 bits per heavy atom. The van der Waals surface area contributed by atoms with E-state index in [1.54, 1.807) is 10.8 Å². The SMILES string of the molecule is Cc1cnn(-c2ccncc2N2CCC(C(=O)n3cccc3)CC2)c1. The van der Waals surface area contributed by atoms with Gasteiger partial charge >= 0.3 is 0 Å². The van der Waals surface area contributed by atoms with Gasteiger partial charge in [0.25, 0.3) is 0 Å². The highest BCUT2D eigenvalue weighted by atomic mass is 16.2. The maximum absolute atomic E-state index is 12.5. The number of hydrogen-bond donors (Lipinski definition) is 0. The van der Waals surface area contributed by atoms with E-state index in [4.69, 9.17) is 0 Å². The van der Waals surface area contributed by atoms with Gasteiger partial charge in [-0.2, -0.15) is 5.10 Å². The third-order valence-electron chi connectivity index (χ3n) is 4.78. The summed E-state index contributed by atoms with van der Waals surface area (Å²) in [6.45, 7) is 3.72. The molecule has 3 aromatic rings. The third kappa shape index (κ3) is 3.07. The first-order valence-electron chi connectivity index (χ1n) is 8.60. The molecule has 0 saturated carbocycles. The van der Waals surface area contributed by atoms with Crippen molar-refractivity contribution in [1.82, 2.24) is 19.3 Å². The van der Waals surface area contributed by atoms with E-state index >= 15 is 0 Å². The fourth-order valence-electron chi connectivity index (χ4n) is 3.42. The number of aryl methyl sites for hydroxylation is 1. The van der Waals surface area contributed by atoms with Crippen LogP contribution in [0.4, 0.5) is 5.69 Å². The quantitative estimate of drug-likeness (QED) is 0.738. The first-order valence-corrected chi connectivity index (χ1v) is 8.60.